The predicted molar refractivity (Wildman–Crippen MR) is 163 cm³/mol. The molecule has 212 valence electrons. The Hall–Kier alpha value is -4.83. The molecule has 1 aliphatic heterocycles. The molecule has 0 radical (unpaired) electrons. The number of aromatic amines is 2. The molecule has 0 saturated carbocycles. The largest absolute Gasteiger partial charge is 0.492 e. The second-order valence-electron chi connectivity index (χ2n) is 10.9. The standard InChI is InChI=1S/C32H31FN8O/c1-40(2)24-14-22(18-34-19-24)20-5-6-27-26(16-20)30(39-38-27)32-36-28-7-8-35-29(31(28)37-32)21-13-23(33)17-25(15-21)42-12-11-41-9-3-4-10-41/h5-8,13-19H,3-4,9-12H2,1-2H3,(H,36,37)(H,38,39). The number of likely N-dealkylation sites (tertiary alicyclic amines) is 1. The van der Waals surface area contributed by atoms with Crippen molar-refractivity contribution in [3.05, 3.63) is 72.9 Å². The fourth-order valence-corrected chi connectivity index (χ4v) is 5.54. The number of imidazole rings is 1. The van der Waals surface area contributed by atoms with E-state index < -0.39 is 0 Å². The summed E-state index contributed by atoms with van der Waals surface area (Å²) in [6, 6.07) is 14.8. The number of aromatic nitrogens is 6. The van der Waals surface area contributed by atoms with Crippen molar-refractivity contribution in [1.29, 1.82) is 0 Å². The van der Waals surface area contributed by atoms with Crippen LogP contribution in [0.1, 0.15) is 12.8 Å². The number of fused-ring (bicyclic) bond motifs is 2. The van der Waals surface area contributed by atoms with Crippen LogP contribution in [0, 0.1) is 5.82 Å². The van der Waals surface area contributed by atoms with E-state index in [0.717, 1.165) is 52.9 Å². The Bertz CT molecular complexity index is 1890. The molecular weight excluding hydrogens is 531 g/mol. The molecule has 0 atom stereocenters. The molecular formula is C32H31FN8O. The van der Waals surface area contributed by atoms with Crippen molar-refractivity contribution in [3.63, 3.8) is 0 Å². The SMILES string of the molecule is CN(C)c1cncc(-c2ccc3[nH]nc(-c4nc5c(-c6cc(F)cc(OCCN7CCCC7)c6)nccc5[nH]4)c3c2)c1. The van der Waals surface area contributed by atoms with Gasteiger partial charge in [-0.15, -0.1) is 0 Å². The average molecular weight is 563 g/mol. The van der Waals surface area contributed by atoms with Crippen molar-refractivity contribution < 1.29 is 9.13 Å². The zero-order valence-electron chi connectivity index (χ0n) is 23.6. The van der Waals surface area contributed by atoms with E-state index in [1.165, 1.54) is 25.0 Å². The number of rotatable bonds is 8. The van der Waals surface area contributed by atoms with Crippen LogP contribution in [0.15, 0.2) is 67.1 Å². The summed E-state index contributed by atoms with van der Waals surface area (Å²) < 4.78 is 20.7. The summed E-state index contributed by atoms with van der Waals surface area (Å²) in [5.74, 6) is 0.704. The summed E-state index contributed by atoms with van der Waals surface area (Å²) in [6.45, 7) is 3.54. The van der Waals surface area contributed by atoms with Gasteiger partial charge >= 0.3 is 0 Å². The Morgan fingerprint density at radius 1 is 0.929 bits per heavy atom. The van der Waals surface area contributed by atoms with E-state index in [-0.39, 0.29) is 5.82 Å². The normalized spacial score (nSPS) is 13.8. The molecule has 5 heterocycles. The van der Waals surface area contributed by atoms with E-state index in [4.69, 9.17) is 9.72 Å². The summed E-state index contributed by atoms with van der Waals surface area (Å²) in [7, 11) is 3.99. The lowest BCUT2D eigenvalue weighted by Gasteiger charge is -2.15. The van der Waals surface area contributed by atoms with Gasteiger partial charge in [-0.05, 0) is 67.9 Å². The van der Waals surface area contributed by atoms with Gasteiger partial charge in [0.05, 0.1) is 28.6 Å². The summed E-state index contributed by atoms with van der Waals surface area (Å²) in [5.41, 5.74) is 7.24. The van der Waals surface area contributed by atoms with Crippen LogP contribution in [0.4, 0.5) is 10.1 Å². The molecule has 1 fully saturated rings. The molecule has 6 aromatic rings. The Labute approximate surface area is 242 Å². The van der Waals surface area contributed by atoms with Crippen LogP contribution in [0.3, 0.4) is 0 Å². The quantitative estimate of drug-likeness (QED) is 0.238. The van der Waals surface area contributed by atoms with Gasteiger partial charge in [-0.1, -0.05) is 6.07 Å². The molecule has 2 aromatic carbocycles. The van der Waals surface area contributed by atoms with Gasteiger partial charge in [-0.2, -0.15) is 5.10 Å². The van der Waals surface area contributed by atoms with E-state index in [1.54, 1.807) is 6.20 Å². The highest BCUT2D eigenvalue weighted by molar-refractivity contribution is 5.97. The van der Waals surface area contributed by atoms with Gasteiger partial charge < -0.3 is 14.6 Å². The maximum absolute atomic E-state index is 14.7. The Morgan fingerprint density at radius 2 is 1.81 bits per heavy atom. The van der Waals surface area contributed by atoms with Crippen LogP contribution in [0.2, 0.25) is 0 Å². The lowest BCUT2D eigenvalue weighted by Crippen LogP contribution is -2.25. The number of nitrogens with zero attached hydrogens (tertiary/aromatic N) is 6. The molecule has 2 N–H and O–H groups in total. The lowest BCUT2D eigenvalue weighted by atomic mass is 10.0. The molecule has 0 unspecified atom stereocenters. The number of hydrogen-bond acceptors (Lipinski definition) is 7. The third-order valence-corrected chi connectivity index (χ3v) is 7.78. The first-order chi connectivity index (χ1) is 20.5. The van der Waals surface area contributed by atoms with Crippen LogP contribution >= 0.6 is 0 Å². The molecule has 1 aliphatic rings. The molecule has 0 aliphatic carbocycles. The van der Waals surface area contributed by atoms with Gasteiger partial charge in [0.1, 0.15) is 29.4 Å². The fourth-order valence-electron chi connectivity index (χ4n) is 5.54. The van der Waals surface area contributed by atoms with Crippen molar-refractivity contribution in [3.8, 4) is 39.7 Å². The second-order valence-corrected chi connectivity index (χ2v) is 10.9. The highest BCUT2D eigenvalue weighted by atomic mass is 19.1. The molecule has 0 bridgehead atoms. The number of pyridine rings is 2. The Balaban J connectivity index is 1.22. The minimum atomic E-state index is -0.378. The highest BCUT2D eigenvalue weighted by Crippen LogP contribution is 2.34. The number of ether oxygens (including phenoxy) is 1. The first kappa shape index (κ1) is 26.1. The molecule has 0 amide bonds. The minimum absolute atomic E-state index is 0.378. The number of H-pyrrole nitrogens is 2. The third-order valence-electron chi connectivity index (χ3n) is 7.78. The number of benzene rings is 2. The van der Waals surface area contributed by atoms with Crippen LogP contribution in [0.25, 0.3) is 55.8 Å². The van der Waals surface area contributed by atoms with Gasteiger partial charge in [0, 0.05) is 55.6 Å². The fraction of sp³-hybridized carbons (Fsp3) is 0.250. The van der Waals surface area contributed by atoms with Gasteiger partial charge in [-0.25, -0.2) is 9.37 Å². The number of halogens is 1. The van der Waals surface area contributed by atoms with Crippen molar-refractivity contribution in [1.82, 2.24) is 35.0 Å². The summed E-state index contributed by atoms with van der Waals surface area (Å²) in [5, 5.41) is 8.64. The maximum atomic E-state index is 14.7. The number of anilines is 1. The smallest absolute Gasteiger partial charge is 0.159 e. The van der Waals surface area contributed by atoms with E-state index in [0.29, 0.717) is 40.6 Å². The summed E-state index contributed by atoms with van der Waals surface area (Å²) in [4.78, 5) is 21.7. The van der Waals surface area contributed by atoms with Crippen LogP contribution < -0.4 is 9.64 Å². The summed E-state index contributed by atoms with van der Waals surface area (Å²) >= 11 is 0. The molecule has 7 rings (SSSR count). The first-order valence-corrected chi connectivity index (χ1v) is 14.1. The molecule has 10 heteroatoms. The first-order valence-electron chi connectivity index (χ1n) is 14.1. The predicted octanol–water partition coefficient (Wildman–Crippen LogP) is 5.91. The van der Waals surface area contributed by atoms with E-state index in [2.05, 4.69) is 48.2 Å². The third kappa shape index (κ3) is 5.05. The Kier molecular flexibility index (Phi) is 6.75. The van der Waals surface area contributed by atoms with Crippen molar-refractivity contribution >= 4 is 27.6 Å². The molecule has 42 heavy (non-hydrogen) atoms. The van der Waals surface area contributed by atoms with Gasteiger partial charge in [0.25, 0.3) is 0 Å². The van der Waals surface area contributed by atoms with E-state index >= 15 is 0 Å². The Morgan fingerprint density at radius 3 is 2.67 bits per heavy atom. The van der Waals surface area contributed by atoms with Crippen LogP contribution in [0.5, 0.6) is 5.75 Å². The van der Waals surface area contributed by atoms with Gasteiger partial charge in [0.2, 0.25) is 0 Å². The maximum Gasteiger partial charge on any atom is 0.159 e. The molecule has 1 saturated heterocycles. The number of nitrogens with one attached hydrogen (secondary N) is 2. The van der Waals surface area contributed by atoms with Crippen LogP contribution in [-0.2, 0) is 0 Å². The monoisotopic (exact) mass is 562 g/mol. The zero-order valence-corrected chi connectivity index (χ0v) is 23.6. The molecule has 9 nitrogen and oxygen atoms in total. The lowest BCUT2D eigenvalue weighted by molar-refractivity contribution is 0.237. The van der Waals surface area contributed by atoms with Crippen molar-refractivity contribution in [2.75, 3.05) is 45.2 Å². The second kappa shape index (κ2) is 10.9. The van der Waals surface area contributed by atoms with E-state index in [1.807, 2.05) is 49.6 Å². The zero-order chi connectivity index (χ0) is 28.6. The van der Waals surface area contributed by atoms with Crippen molar-refractivity contribution in [2.45, 2.75) is 12.8 Å². The van der Waals surface area contributed by atoms with E-state index in [9.17, 15) is 4.39 Å². The highest BCUT2D eigenvalue weighted by Gasteiger charge is 2.18. The van der Waals surface area contributed by atoms with Gasteiger partial charge in [0.15, 0.2) is 5.82 Å². The minimum Gasteiger partial charge on any atom is -0.492 e. The summed E-state index contributed by atoms with van der Waals surface area (Å²) in [6.07, 6.45) is 7.85. The van der Waals surface area contributed by atoms with Crippen LogP contribution in [-0.4, -0.2) is 75.4 Å². The molecule has 0 spiro atoms. The topological polar surface area (TPSA) is 98.8 Å². The van der Waals surface area contributed by atoms with Gasteiger partial charge in [-0.3, -0.25) is 20.0 Å². The average Bonchev–Trinajstić information content (AvgIpc) is 3.76. The molecule has 4 aromatic heterocycles. The number of hydrogen-bond donors (Lipinski definition) is 2. The van der Waals surface area contributed by atoms with Crippen molar-refractivity contribution in [2.24, 2.45) is 0 Å².